The third-order valence-corrected chi connectivity index (χ3v) is 2.93. The molecule has 0 heterocycles. The molecule has 0 aliphatic carbocycles. The van der Waals surface area contributed by atoms with Crippen molar-refractivity contribution in [3.63, 3.8) is 0 Å². The molecule has 0 aromatic carbocycles. The number of aliphatic carboxylic acids is 1. The van der Waals surface area contributed by atoms with Crippen LogP contribution >= 0.6 is 15.9 Å². The molecule has 0 saturated carbocycles. The highest BCUT2D eigenvalue weighted by Gasteiger charge is 1.94. The first-order valence-corrected chi connectivity index (χ1v) is 8.27. The first kappa shape index (κ1) is 19.6. The lowest BCUT2D eigenvalue weighted by atomic mass is 10.1. The lowest BCUT2D eigenvalue weighted by Gasteiger charge is -1.93. The summed E-state index contributed by atoms with van der Waals surface area (Å²) < 4.78 is 0. The second-order valence-corrected chi connectivity index (χ2v) is 5.07. The number of halogens is 1. The molecule has 21 heavy (non-hydrogen) atoms. The maximum absolute atomic E-state index is 10.3. The largest absolute Gasteiger partial charge is 0.481 e. The number of allylic oxidation sites excluding steroid dienone is 3. The third-order valence-electron chi connectivity index (χ3n) is 2.67. The Balaban J connectivity index is 3.38. The highest BCUT2D eigenvalue weighted by Crippen LogP contribution is 2.02. The van der Waals surface area contributed by atoms with E-state index in [2.05, 4.69) is 45.7 Å². The molecule has 0 spiro atoms. The van der Waals surface area contributed by atoms with Crippen LogP contribution in [-0.2, 0) is 4.79 Å². The maximum Gasteiger partial charge on any atom is 0.303 e. The van der Waals surface area contributed by atoms with E-state index in [0.717, 1.165) is 51.4 Å². The number of rotatable bonds is 9. The Labute approximate surface area is 136 Å². The molecule has 0 unspecified atom stereocenters. The number of carbonyl (C=O) groups is 1. The Morgan fingerprint density at radius 2 is 1.62 bits per heavy atom. The van der Waals surface area contributed by atoms with Crippen molar-refractivity contribution in [2.45, 2.75) is 57.8 Å². The predicted molar refractivity (Wildman–Crippen MR) is 91.9 cm³/mol. The molecule has 0 aromatic rings. The second kappa shape index (κ2) is 16.6. The Morgan fingerprint density at radius 3 is 2.29 bits per heavy atom. The Hall–Kier alpha value is -1.45. The van der Waals surface area contributed by atoms with Crippen molar-refractivity contribution < 1.29 is 9.90 Å². The van der Waals surface area contributed by atoms with Gasteiger partial charge in [-0.25, -0.2) is 0 Å². The van der Waals surface area contributed by atoms with Gasteiger partial charge in [0.25, 0.3) is 0 Å². The van der Waals surface area contributed by atoms with Crippen LogP contribution in [0.3, 0.4) is 0 Å². The summed E-state index contributed by atoms with van der Waals surface area (Å²) in [6.07, 6.45) is 13.8. The van der Waals surface area contributed by atoms with Crippen LogP contribution in [0.2, 0.25) is 0 Å². The molecule has 2 nitrogen and oxygen atoms in total. The van der Waals surface area contributed by atoms with E-state index in [1.807, 2.05) is 6.08 Å². The summed E-state index contributed by atoms with van der Waals surface area (Å²) in [4.78, 5) is 12.1. The van der Waals surface area contributed by atoms with Crippen molar-refractivity contribution in [2.24, 2.45) is 0 Å². The number of hydrogen-bond donors (Lipinski definition) is 1. The number of carboxylic acids is 1. The summed E-state index contributed by atoms with van der Waals surface area (Å²) in [5.74, 6) is 11.4. The van der Waals surface area contributed by atoms with Crippen LogP contribution in [0.5, 0.6) is 0 Å². The minimum Gasteiger partial charge on any atom is -0.481 e. The molecule has 0 rings (SSSR count). The quantitative estimate of drug-likeness (QED) is 0.466. The fourth-order valence-corrected chi connectivity index (χ4v) is 1.71. The smallest absolute Gasteiger partial charge is 0.303 e. The molecular formula is C18H23BrO2. The fraction of sp³-hybridized carbons (Fsp3) is 0.500. The van der Waals surface area contributed by atoms with Gasteiger partial charge in [-0.15, -0.1) is 0 Å². The Morgan fingerprint density at radius 1 is 0.952 bits per heavy atom. The SMILES string of the molecule is O=C(O)CCCCCC#C/C=C\CCCCC#C/C=C/Br. The van der Waals surface area contributed by atoms with E-state index in [9.17, 15) is 4.79 Å². The van der Waals surface area contributed by atoms with E-state index in [-0.39, 0.29) is 6.42 Å². The summed E-state index contributed by atoms with van der Waals surface area (Å²) >= 11 is 3.17. The lowest BCUT2D eigenvalue weighted by molar-refractivity contribution is -0.137. The van der Waals surface area contributed by atoms with Gasteiger partial charge in [-0.05, 0) is 49.2 Å². The van der Waals surface area contributed by atoms with E-state index in [0.29, 0.717) is 0 Å². The topological polar surface area (TPSA) is 37.3 Å². The number of unbranched alkanes of at least 4 members (excludes halogenated alkanes) is 6. The lowest BCUT2D eigenvalue weighted by Crippen LogP contribution is -1.93. The van der Waals surface area contributed by atoms with Crippen molar-refractivity contribution in [3.05, 3.63) is 23.2 Å². The molecule has 0 amide bonds. The zero-order chi connectivity index (χ0) is 15.6. The molecule has 0 radical (unpaired) electrons. The van der Waals surface area contributed by atoms with Gasteiger partial charge in [0.2, 0.25) is 0 Å². The summed E-state index contributed by atoms with van der Waals surface area (Å²) in [5.41, 5.74) is 0. The molecule has 0 saturated heterocycles. The van der Waals surface area contributed by atoms with E-state index in [4.69, 9.17) is 5.11 Å². The fourth-order valence-electron chi connectivity index (χ4n) is 1.58. The molecule has 1 N–H and O–H groups in total. The zero-order valence-corrected chi connectivity index (χ0v) is 14.0. The maximum atomic E-state index is 10.3. The highest BCUT2D eigenvalue weighted by molar-refractivity contribution is 9.11. The molecule has 0 fully saturated rings. The normalized spacial score (nSPS) is 10.1. The minimum absolute atomic E-state index is 0.268. The summed E-state index contributed by atoms with van der Waals surface area (Å²) in [6, 6.07) is 0. The molecular weight excluding hydrogens is 328 g/mol. The summed E-state index contributed by atoms with van der Waals surface area (Å²) in [7, 11) is 0. The second-order valence-electron chi connectivity index (χ2n) is 4.54. The summed E-state index contributed by atoms with van der Waals surface area (Å²) in [5, 5.41) is 8.48. The van der Waals surface area contributed by atoms with Crippen LogP contribution in [0.1, 0.15) is 57.8 Å². The van der Waals surface area contributed by atoms with Gasteiger partial charge in [0, 0.05) is 19.3 Å². The molecule has 0 aliphatic heterocycles. The van der Waals surface area contributed by atoms with Crippen molar-refractivity contribution >= 4 is 21.9 Å². The highest BCUT2D eigenvalue weighted by atomic mass is 79.9. The van der Waals surface area contributed by atoms with Crippen molar-refractivity contribution in [3.8, 4) is 23.7 Å². The predicted octanol–water partition coefficient (Wildman–Crippen LogP) is 5.05. The van der Waals surface area contributed by atoms with Gasteiger partial charge in [-0.2, -0.15) is 0 Å². The van der Waals surface area contributed by atoms with Crippen LogP contribution in [0, 0.1) is 23.7 Å². The van der Waals surface area contributed by atoms with Gasteiger partial charge in [0.1, 0.15) is 0 Å². The number of carboxylic acid groups (broad SMARTS) is 1. The molecule has 0 aromatic heterocycles. The van der Waals surface area contributed by atoms with Gasteiger partial charge in [0.05, 0.1) is 0 Å². The molecule has 0 bridgehead atoms. The van der Waals surface area contributed by atoms with Crippen molar-refractivity contribution in [2.75, 3.05) is 0 Å². The van der Waals surface area contributed by atoms with Gasteiger partial charge in [-0.3, -0.25) is 4.79 Å². The van der Waals surface area contributed by atoms with Crippen LogP contribution in [0.4, 0.5) is 0 Å². The van der Waals surface area contributed by atoms with E-state index < -0.39 is 5.97 Å². The van der Waals surface area contributed by atoms with Crippen molar-refractivity contribution in [1.29, 1.82) is 0 Å². The molecule has 3 heteroatoms. The average molecular weight is 351 g/mol. The molecule has 0 aliphatic rings. The third kappa shape index (κ3) is 18.5. The Bertz CT molecular complexity index is 441. The van der Waals surface area contributed by atoms with Crippen LogP contribution < -0.4 is 0 Å². The average Bonchev–Trinajstić information content (AvgIpc) is 2.46. The van der Waals surface area contributed by atoms with E-state index in [1.165, 1.54) is 0 Å². The minimum atomic E-state index is -0.713. The van der Waals surface area contributed by atoms with Crippen LogP contribution in [-0.4, -0.2) is 11.1 Å². The Kier molecular flexibility index (Phi) is 15.5. The van der Waals surface area contributed by atoms with Crippen molar-refractivity contribution in [1.82, 2.24) is 0 Å². The standard InChI is InChI=1S/C18H23BrO2/c19-17-15-13-11-9-7-5-3-1-2-4-6-8-10-12-14-16-18(20)21/h1-2,15,17H,3,5,7-10,12,14,16H2,(H,20,21)/b2-1-,17-15+. The first-order chi connectivity index (χ1) is 10.3. The molecule has 114 valence electrons. The monoisotopic (exact) mass is 350 g/mol. The van der Waals surface area contributed by atoms with Gasteiger partial charge >= 0.3 is 5.97 Å². The summed E-state index contributed by atoms with van der Waals surface area (Å²) in [6.45, 7) is 0. The van der Waals surface area contributed by atoms with Gasteiger partial charge < -0.3 is 5.11 Å². The van der Waals surface area contributed by atoms with Gasteiger partial charge in [0.15, 0.2) is 0 Å². The van der Waals surface area contributed by atoms with Crippen LogP contribution in [0.25, 0.3) is 0 Å². The number of hydrogen-bond acceptors (Lipinski definition) is 1. The van der Waals surface area contributed by atoms with E-state index >= 15 is 0 Å². The first-order valence-electron chi connectivity index (χ1n) is 7.36. The zero-order valence-electron chi connectivity index (χ0n) is 12.4. The molecule has 0 atom stereocenters. The van der Waals surface area contributed by atoms with Crippen LogP contribution in [0.15, 0.2) is 23.2 Å². The van der Waals surface area contributed by atoms with E-state index in [1.54, 1.807) is 11.1 Å². The van der Waals surface area contributed by atoms with Gasteiger partial charge in [-0.1, -0.05) is 52.1 Å².